The molecule has 2 N–H and O–H groups in total. The van der Waals surface area contributed by atoms with Crippen LogP contribution in [0.15, 0.2) is 59.9 Å². The number of carbonyl (C=O) groups is 8. The van der Waals surface area contributed by atoms with E-state index in [2.05, 4.69) is 35.8 Å². The van der Waals surface area contributed by atoms with Gasteiger partial charge in [0.15, 0.2) is 0 Å². The normalized spacial score (nSPS) is 21.3. The Labute approximate surface area is 446 Å². The highest BCUT2D eigenvalue weighted by Gasteiger charge is 2.43. The van der Waals surface area contributed by atoms with Gasteiger partial charge in [-0.15, -0.1) is 0 Å². The van der Waals surface area contributed by atoms with Gasteiger partial charge in [0.05, 0.1) is 56.3 Å². The first-order valence-corrected chi connectivity index (χ1v) is 27.2. The number of ether oxygens (including phenoxy) is 3. The molecule has 0 spiro atoms. The minimum atomic E-state index is -0.878. The lowest BCUT2D eigenvalue weighted by atomic mass is 9.88. The molecule has 0 radical (unpaired) electrons. The fourth-order valence-corrected chi connectivity index (χ4v) is 11.0. The molecule has 418 valence electrons. The molecule has 0 aromatic carbocycles. The smallest absolute Gasteiger partial charge is 0.328 e. The SMILES string of the molecule is CC[C@H](C)[C@@H]([C@@H](CC(=O)N1CCCC1[C@H](OC)[C@@H](C)C(=O)N[C@@H](CC1=CC=CCC1C)C(=O)OC)OC)N(C)C(=O)CNC(=O)[C@H](C(C)C)N(C)CCC1C=CC(N(C)C(=O)CCCCCN2C(=O)C=CC2=O)=CC1. The average Bonchev–Trinajstić information content (AvgIpc) is 4.01. The fourth-order valence-electron chi connectivity index (χ4n) is 11.0. The number of hydrogen-bond acceptors (Lipinski definition) is 12. The van der Waals surface area contributed by atoms with Crippen LogP contribution < -0.4 is 10.6 Å². The van der Waals surface area contributed by atoms with E-state index in [-0.39, 0.29) is 78.0 Å². The molecule has 4 aliphatic rings. The van der Waals surface area contributed by atoms with Crippen molar-refractivity contribution in [3.63, 3.8) is 0 Å². The van der Waals surface area contributed by atoms with Gasteiger partial charge in [-0.05, 0) is 94.7 Å². The topological polar surface area (TPSA) is 205 Å². The lowest BCUT2D eigenvalue weighted by molar-refractivity contribution is -0.148. The fraction of sp³-hybridized carbons (Fsp3) is 0.684. The molecule has 1 fully saturated rings. The molecule has 1 saturated heterocycles. The number of unbranched alkanes of at least 4 members (excludes halogenated alkanes) is 2. The van der Waals surface area contributed by atoms with Crippen LogP contribution in [0.25, 0.3) is 0 Å². The third kappa shape index (κ3) is 17.3. The van der Waals surface area contributed by atoms with E-state index in [1.807, 2.05) is 57.9 Å². The van der Waals surface area contributed by atoms with Gasteiger partial charge in [0.25, 0.3) is 11.8 Å². The summed E-state index contributed by atoms with van der Waals surface area (Å²) in [7, 11) is 9.74. The molecule has 75 heavy (non-hydrogen) atoms. The van der Waals surface area contributed by atoms with Crippen LogP contribution in [0.1, 0.15) is 119 Å². The van der Waals surface area contributed by atoms with Crippen molar-refractivity contribution in [3.8, 4) is 0 Å². The summed E-state index contributed by atoms with van der Waals surface area (Å²) in [4.78, 5) is 114. The first-order chi connectivity index (χ1) is 35.7. The van der Waals surface area contributed by atoms with Crippen LogP contribution >= 0.6 is 0 Å². The lowest BCUT2D eigenvalue weighted by Crippen LogP contribution is -2.55. The van der Waals surface area contributed by atoms with Crippen LogP contribution in [-0.4, -0.2) is 177 Å². The van der Waals surface area contributed by atoms with Crippen LogP contribution in [0.2, 0.25) is 0 Å². The van der Waals surface area contributed by atoms with Crippen LogP contribution in [0.4, 0.5) is 0 Å². The summed E-state index contributed by atoms with van der Waals surface area (Å²) in [5.41, 5.74) is 1.88. The summed E-state index contributed by atoms with van der Waals surface area (Å²) >= 11 is 0. The molecule has 7 amide bonds. The number of likely N-dealkylation sites (N-methyl/N-ethyl adjacent to an activating group) is 3. The van der Waals surface area contributed by atoms with E-state index in [1.54, 1.807) is 35.7 Å². The number of methoxy groups -OCH3 is 3. The molecule has 2 aliphatic heterocycles. The van der Waals surface area contributed by atoms with E-state index in [4.69, 9.17) is 14.2 Å². The monoisotopic (exact) mass is 1050 g/mol. The predicted molar refractivity (Wildman–Crippen MR) is 287 cm³/mol. The largest absolute Gasteiger partial charge is 0.467 e. The van der Waals surface area contributed by atoms with Crippen LogP contribution in [0.5, 0.6) is 0 Å². The van der Waals surface area contributed by atoms with Crippen molar-refractivity contribution >= 4 is 47.3 Å². The summed E-state index contributed by atoms with van der Waals surface area (Å²) in [5.74, 6) is -2.64. The van der Waals surface area contributed by atoms with E-state index in [1.165, 1.54) is 38.4 Å². The minimum absolute atomic E-state index is 0.00163. The molecule has 3 unspecified atom stereocenters. The standard InChI is InChI=1S/C57H89N7O11/c1-13-38(4)53(46(73-10)35-50(68)63-32-19-22-45(63)54(74-11)40(6)55(70)59-44(57(72)75-12)34-42-21-17-16-20-39(42)5)62(9)51(69)36-58-56(71)52(37(2)3)60(7)33-30-41-24-26-43(27-25-41)61(8)47(65)23-15-14-18-31-64-48(66)28-29-49(64)67/h16-17,21,24,26-29,37-41,44-46,52-54H,13-15,18-20,22-23,25,30-36H2,1-12H3,(H,58,71)(H,59,70)/t38-,39?,40+,41?,44-,45?,46+,52-,53-,54+/m0/s1. The highest BCUT2D eigenvalue weighted by Crippen LogP contribution is 2.31. The Kier molecular flexibility index (Phi) is 25.1. The lowest BCUT2D eigenvalue weighted by Gasteiger charge is -2.39. The highest BCUT2D eigenvalue weighted by molar-refractivity contribution is 6.12. The Bertz CT molecular complexity index is 2130. The first-order valence-electron chi connectivity index (χ1n) is 27.2. The van der Waals surface area contributed by atoms with E-state index in [0.717, 1.165) is 37.0 Å². The number of imide groups is 1. The summed E-state index contributed by atoms with van der Waals surface area (Å²) in [6.45, 7) is 13.0. The van der Waals surface area contributed by atoms with Gasteiger partial charge in [-0.2, -0.15) is 0 Å². The number of allylic oxidation sites excluding steroid dienone is 6. The van der Waals surface area contributed by atoms with E-state index in [9.17, 15) is 38.4 Å². The summed E-state index contributed by atoms with van der Waals surface area (Å²) in [5, 5.41) is 5.83. The van der Waals surface area contributed by atoms with Crippen LogP contribution in [-0.2, 0) is 52.6 Å². The Morgan fingerprint density at radius 2 is 1.59 bits per heavy atom. The summed E-state index contributed by atoms with van der Waals surface area (Å²) in [6, 6.07) is -2.29. The number of esters is 1. The second-order valence-corrected chi connectivity index (χ2v) is 21.3. The zero-order valence-electron chi connectivity index (χ0n) is 47.0. The number of rotatable bonds is 30. The minimum Gasteiger partial charge on any atom is -0.467 e. The molecule has 0 bridgehead atoms. The molecule has 2 aliphatic carbocycles. The third-order valence-corrected chi connectivity index (χ3v) is 15.9. The molecule has 0 saturated carbocycles. The number of likely N-dealkylation sites (tertiary alicyclic amines) is 1. The predicted octanol–water partition coefficient (Wildman–Crippen LogP) is 5.34. The maximum atomic E-state index is 14.3. The van der Waals surface area contributed by atoms with Crippen molar-refractivity contribution in [1.82, 2.24) is 35.1 Å². The van der Waals surface area contributed by atoms with Gasteiger partial charge in [-0.25, -0.2) is 4.79 Å². The quantitative estimate of drug-likeness (QED) is 0.0532. The number of nitrogens with one attached hydrogen (secondary N) is 2. The van der Waals surface area contributed by atoms with Crippen molar-refractivity contribution in [2.75, 3.05) is 68.7 Å². The first kappa shape index (κ1) is 62.1. The van der Waals surface area contributed by atoms with Crippen molar-refractivity contribution < 1.29 is 52.6 Å². The van der Waals surface area contributed by atoms with Crippen molar-refractivity contribution in [3.05, 3.63) is 59.9 Å². The van der Waals surface area contributed by atoms with Crippen molar-refractivity contribution in [2.45, 2.75) is 155 Å². The van der Waals surface area contributed by atoms with E-state index < -0.39 is 48.3 Å². The van der Waals surface area contributed by atoms with Gasteiger partial charge in [-0.1, -0.05) is 90.3 Å². The number of amides is 7. The molecule has 18 heteroatoms. The maximum Gasteiger partial charge on any atom is 0.328 e. The maximum absolute atomic E-state index is 14.3. The van der Waals surface area contributed by atoms with E-state index in [0.29, 0.717) is 64.6 Å². The number of carbonyl (C=O) groups excluding carboxylic acids is 8. The second kappa shape index (κ2) is 30.3. The molecule has 2 heterocycles. The Hall–Kier alpha value is -5.46. The Balaban J connectivity index is 1.29. The van der Waals surface area contributed by atoms with E-state index >= 15 is 0 Å². The molecule has 0 aromatic heterocycles. The number of hydrogen-bond donors (Lipinski definition) is 2. The molecule has 10 atom stereocenters. The van der Waals surface area contributed by atoms with Gasteiger partial charge in [0.1, 0.15) is 6.04 Å². The Morgan fingerprint density at radius 1 is 0.880 bits per heavy atom. The third-order valence-electron chi connectivity index (χ3n) is 15.9. The molecule has 4 rings (SSSR count). The van der Waals surface area contributed by atoms with Crippen molar-refractivity contribution in [2.24, 2.45) is 29.6 Å². The molecular formula is C57H89N7O11. The van der Waals surface area contributed by atoms with Gasteiger partial charge < -0.3 is 39.5 Å². The molecule has 18 nitrogen and oxygen atoms in total. The molecule has 0 aromatic rings. The molecular weight excluding hydrogens is 959 g/mol. The summed E-state index contributed by atoms with van der Waals surface area (Å²) < 4.78 is 17.1. The van der Waals surface area contributed by atoms with Gasteiger partial charge in [0, 0.05) is 65.7 Å². The summed E-state index contributed by atoms with van der Waals surface area (Å²) in [6.07, 6.45) is 20.5. The van der Waals surface area contributed by atoms with Gasteiger partial charge >= 0.3 is 5.97 Å². The zero-order chi connectivity index (χ0) is 55.5. The van der Waals surface area contributed by atoms with Crippen LogP contribution in [0.3, 0.4) is 0 Å². The zero-order valence-corrected chi connectivity index (χ0v) is 47.0. The highest BCUT2D eigenvalue weighted by atomic mass is 16.5. The Morgan fingerprint density at radius 3 is 2.19 bits per heavy atom. The van der Waals surface area contributed by atoms with Crippen molar-refractivity contribution in [1.29, 1.82) is 0 Å². The van der Waals surface area contributed by atoms with Gasteiger partial charge in [-0.3, -0.25) is 43.4 Å². The average molecular weight is 1050 g/mol. The van der Waals surface area contributed by atoms with Gasteiger partial charge in [0.2, 0.25) is 29.5 Å². The second-order valence-electron chi connectivity index (χ2n) is 21.3. The van der Waals surface area contributed by atoms with Crippen LogP contribution in [0, 0.1) is 29.6 Å². The number of nitrogens with zero attached hydrogens (tertiary/aromatic N) is 5.